The normalized spacial score (nSPS) is 11.7. The monoisotopic (exact) mass is 692 g/mol. The third-order valence-electron chi connectivity index (χ3n) is 10.2. The molecule has 0 saturated heterocycles. The summed E-state index contributed by atoms with van der Waals surface area (Å²) in [6.45, 7) is 0. The van der Waals surface area contributed by atoms with Gasteiger partial charge in [0.15, 0.2) is 17.5 Å². The highest BCUT2D eigenvalue weighted by Gasteiger charge is 2.19. The van der Waals surface area contributed by atoms with Crippen molar-refractivity contribution in [3.63, 3.8) is 0 Å². The molecule has 11 rings (SSSR count). The summed E-state index contributed by atoms with van der Waals surface area (Å²) in [5.41, 5.74) is 11.0. The van der Waals surface area contributed by atoms with E-state index in [-0.39, 0.29) is 0 Å². The lowest BCUT2D eigenvalue weighted by atomic mass is 10.0. The highest BCUT2D eigenvalue weighted by Crippen LogP contribution is 2.40. The summed E-state index contributed by atoms with van der Waals surface area (Å²) in [5.74, 6) is 1.80. The molecule has 0 amide bonds. The molecule has 0 saturated carbocycles. The first-order valence-corrected chi connectivity index (χ1v) is 17.9. The number of rotatable bonds is 5. The minimum Gasteiger partial charge on any atom is -0.455 e. The fourth-order valence-electron chi connectivity index (χ4n) is 7.52. The molecular weight excluding hydrogens is 665 g/mol. The molecule has 4 aromatic heterocycles. The molecule has 0 aliphatic heterocycles. The number of hydrogen-bond donors (Lipinski definition) is 0. The van der Waals surface area contributed by atoms with Crippen LogP contribution in [-0.4, -0.2) is 19.9 Å². The number of nitrogens with zero attached hydrogens (tertiary/aromatic N) is 4. The van der Waals surface area contributed by atoms with Gasteiger partial charge in [-0.05, 0) is 29.8 Å². The summed E-state index contributed by atoms with van der Waals surface area (Å²) < 4.78 is 12.8. The molecule has 0 bridgehead atoms. The molecular formula is C48H28N4O2. The maximum Gasteiger partial charge on any atom is 0.164 e. The number of benzene rings is 7. The van der Waals surface area contributed by atoms with Crippen molar-refractivity contribution in [1.82, 2.24) is 19.9 Å². The third-order valence-corrected chi connectivity index (χ3v) is 10.2. The van der Waals surface area contributed by atoms with Crippen molar-refractivity contribution >= 4 is 54.8 Å². The number of furan rings is 2. The predicted molar refractivity (Wildman–Crippen MR) is 217 cm³/mol. The van der Waals surface area contributed by atoms with Gasteiger partial charge in [-0.15, -0.1) is 0 Å². The van der Waals surface area contributed by atoms with Crippen LogP contribution in [-0.2, 0) is 0 Å². The second-order valence-electron chi connectivity index (χ2n) is 13.4. The molecule has 252 valence electrons. The fraction of sp³-hybridized carbons (Fsp3) is 0. The third kappa shape index (κ3) is 4.89. The molecule has 0 atom stereocenters. The maximum absolute atomic E-state index is 6.42. The van der Waals surface area contributed by atoms with Gasteiger partial charge in [-0.3, -0.25) is 0 Å². The van der Waals surface area contributed by atoms with Gasteiger partial charge in [0.2, 0.25) is 0 Å². The van der Waals surface area contributed by atoms with Crippen molar-refractivity contribution in [2.75, 3.05) is 0 Å². The number of para-hydroxylation sites is 4. The van der Waals surface area contributed by atoms with Gasteiger partial charge in [-0.1, -0.05) is 146 Å². The molecule has 6 nitrogen and oxygen atoms in total. The lowest BCUT2D eigenvalue weighted by Gasteiger charge is -2.10. The Morgan fingerprint density at radius 3 is 1.52 bits per heavy atom. The van der Waals surface area contributed by atoms with Crippen LogP contribution in [0.4, 0.5) is 0 Å². The van der Waals surface area contributed by atoms with Crippen LogP contribution in [0.15, 0.2) is 179 Å². The van der Waals surface area contributed by atoms with Gasteiger partial charge in [0.25, 0.3) is 0 Å². The van der Waals surface area contributed by atoms with Crippen molar-refractivity contribution in [3.05, 3.63) is 170 Å². The van der Waals surface area contributed by atoms with Gasteiger partial charge in [-0.2, -0.15) is 0 Å². The van der Waals surface area contributed by atoms with Crippen LogP contribution in [0, 0.1) is 0 Å². The second kappa shape index (κ2) is 12.1. The Morgan fingerprint density at radius 1 is 0.315 bits per heavy atom. The summed E-state index contributed by atoms with van der Waals surface area (Å²) in [6, 6.07) is 57.4. The SMILES string of the molecule is c1ccc(-c2nc(-c3ccc(-c4cccc5c4oc4ccccc45)cc3)nc(-c3ccc(-c4nc5ccccc5c5oc6ccccc6c45)cc3)n2)cc1. The Balaban J connectivity index is 1.01. The Hall–Kier alpha value is -7.44. The highest BCUT2D eigenvalue weighted by molar-refractivity contribution is 6.19. The predicted octanol–water partition coefficient (Wildman–Crippen LogP) is 12.6. The minimum absolute atomic E-state index is 0.590. The standard InChI is InChI=1S/C48H28N4O2/c1-2-11-31(12-3-1)46-50-47(32-25-21-29(22-26-32)34-16-10-17-36-35-13-5-8-19-40(35)53-44(34)36)52-48(51-46)33-27-23-30(24-28-33)43-42-38-15-6-9-20-41(38)54-45(42)37-14-4-7-18-39(37)49-43/h1-28H. The Labute approximate surface area is 309 Å². The summed E-state index contributed by atoms with van der Waals surface area (Å²) in [4.78, 5) is 20.1. The van der Waals surface area contributed by atoms with E-state index in [1.54, 1.807) is 0 Å². The average molecular weight is 693 g/mol. The fourth-order valence-corrected chi connectivity index (χ4v) is 7.52. The van der Waals surface area contributed by atoms with Crippen LogP contribution in [0.2, 0.25) is 0 Å². The molecule has 0 aliphatic carbocycles. The quantitative estimate of drug-likeness (QED) is 0.179. The lowest BCUT2D eigenvalue weighted by molar-refractivity contribution is 0.670. The Morgan fingerprint density at radius 2 is 0.815 bits per heavy atom. The van der Waals surface area contributed by atoms with Gasteiger partial charge in [0, 0.05) is 49.4 Å². The minimum atomic E-state index is 0.590. The molecule has 11 aromatic rings. The molecule has 0 spiro atoms. The van der Waals surface area contributed by atoms with Crippen molar-refractivity contribution in [2.45, 2.75) is 0 Å². The van der Waals surface area contributed by atoms with Crippen molar-refractivity contribution in [2.24, 2.45) is 0 Å². The van der Waals surface area contributed by atoms with Gasteiger partial charge >= 0.3 is 0 Å². The second-order valence-corrected chi connectivity index (χ2v) is 13.4. The van der Waals surface area contributed by atoms with E-state index in [1.165, 1.54) is 0 Å². The van der Waals surface area contributed by atoms with Crippen LogP contribution in [0.3, 0.4) is 0 Å². The van der Waals surface area contributed by atoms with Crippen LogP contribution >= 0.6 is 0 Å². The molecule has 0 unspecified atom stereocenters. The van der Waals surface area contributed by atoms with Crippen molar-refractivity contribution in [1.29, 1.82) is 0 Å². The zero-order valence-corrected chi connectivity index (χ0v) is 28.8. The van der Waals surface area contributed by atoms with Gasteiger partial charge in [-0.25, -0.2) is 19.9 Å². The smallest absolute Gasteiger partial charge is 0.164 e. The largest absolute Gasteiger partial charge is 0.455 e. The van der Waals surface area contributed by atoms with E-state index in [1.807, 2.05) is 84.9 Å². The summed E-state index contributed by atoms with van der Waals surface area (Å²) in [7, 11) is 0. The van der Waals surface area contributed by atoms with E-state index < -0.39 is 0 Å². The molecule has 54 heavy (non-hydrogen) atoms. The van der Waals surface area contributed by atoms with E-state index in [4.69, 9.17) is 28.8 Å². The van der Waals surface area contributed by atoms with Crippen LogP contribution in [0.25, 0.3) is 111 Å². The van der Waals surface area contributed by atoms with E-state index in [0.29, 0.717) is 17.5 Å². The number of hydrogen-bond acceptors (Lipinski definition) is 6. The first-order valence-electron chi connectivity index (χ1n) is 17.9. The number of aromatic nitrogens is 4. The molecule has 0 fully saturated rings. The Kier molecular flexibility index (Phi) is 6.75. The molecule has 0 radical (unpaired) electrons. The van der Waals surface area contributed by atoms with Crippen molar-refractivity contribution in [3.8, 4) is 56.5 Å². The first kappa shape index (κ1) is 30.2. The van der Waals surface area contributed by atoms with Gasteiger partial charge in [0.1, 0.15) is 22.3 Å². The van der Waals surface area contributed by atoms with E-state index in [2.05, 4.69) is 84.9 Å². The number of fused-ring (bicyclic) bond motifs is 8. The molecule has 6 heteroatoms. The summed E-state index contributed by atoms with van der Waals surface area (Å²) in [6.07, 6.45) is 0. The molecule has 0 N–H and O–H groups in total. The topological polar surface area (TPSA) is 77.8 Å². The van der Waals surface area contributed by atoms with E-state index in [9.17, 15) is 0 Å². The molecule has 4 heterocycles. The maximum atomic E-state index is 6.42. The van der Waals surface area contributed by atoms with Crippen LogP contribution in [0.1, 0.15) is 0 Å². The first-order chi connectivity index (χ1) is 26.7. The van der Waals surface area contributed by atoms with Crippen LogP contribution < -0.4 is 0 Å². The van der Waals surface area contributed by atoms with Crippen molar-refractivity contribution < 1.29 is 8.83 Å². The van der Waals surface area contributed by atoms with E-state index >= 15 is 0 Å². The highest BCUT2D eigenvalue weighted by atomic mass is 16.3. The van der Waals surface area contributed by atoms with Crippen LogP contribution in [0.5, 0.6) is 0 Å². The van der Waals surface area contributed by atoms with E-state index in [0.717, 1.165) is 93.9 Å². The zero-order chi connectivity index (χ0) is 35.6. The average Bonchev–Trinajstić information content (AvgIpc) is 3.83. The Bertz CT molecular complexity index is 3200. The molecule has 0 aliphatic rings. The van der Waals surface area contributed by atoms with Gasteiger partial charge < -0.3 is 8.83 Å². The summed E-state index contributed by atoms with van der Waals surface area (Å²) >= 11 is 0. The number of pyridine rings is 1. The lowest BCUT2D eigenvalue weighted by Crippen LogP contribution is -2.00. The zero-order valence-electron chi connectivity index (χ0n) is 28.8. The van der Waals surface area contributed by atoms with Gasteiger partial charge in [0.05, 0.1) is 16.6 Å². The summed E-state index contributed by atoms with van der Waals surface area (Å²) in [5, 5.41) is 5.26. The molecule has 7 aromatic carbocycles.